The minimum atomic E-state index is 0.508. The molecule has 1 aromatic heterocycles. The van der Waals surface area contributed by atoms with Crippen LogP contribution in [0.3, 0.4) is 0 Å². The average Bonchev–Trinajstić information content (AvgIpc) is 3.40. The van der Waals surface area contributed by atoms with Gasteiger partial charge in [-0.3, -0.25) is 4.98 Å². The lowest BCUT2D eigenvalue weighted by atomic mass is 10.2. The van der Waals surface area contributed by atoms with Crippen molar-refractivity contribution >= 4 is 23.0 Å². The lowest BCUT2D eigenvalue weighted by molar-refractivity contribution is 0.402. The Bertz CT molecular complexity index is 686. The zero-order chi connectivity index (χ0) is 16.2. The van der Waals surface area contributed by atoms with Crippen molar-refractivity contribution in [3.8, 4) is 5.75 Å². The summed E-state index contributed by atoms with van der Waals surface area (Å²) in [7, 11) is 1.68. The van der Waals surface area contributed by atoms with E-state index in [0.29, 0.717) is 6.04 Å². The van der Waals surface area contributed by atoms with Crippen molar-refractivity contribution < 1.29 is 4.74 Å². The third kappa shape index (κ3) is 3.99. The van der Waals surface area contributed by atoms with Gasteiger partial charge < -0.3 is 15.0 Å². The number of aromatic nitrogens is 1. The molecule has 0 bridgehead atoms. The van der Waals surface area contributed by atoms with Crippen molar-refractivity contribution in [1.29, 1.82) is 0 Å². The molecule has 0 unspecified atom stereocenters. The summed E-state index contributed by atoms with van der Waals surface area (Å²) in [6.45, 7) is 2.77. The van der Waals surface area contributed by atoms with Gasteiger partial charge in [-0.05, 0) is 61.8 Å². The Labute approximate surface area is 142 Å². The first-order valence-corrected chi connectivity index (χ1v) is 8.20. The molecule has 1 aliphatic rings. The lowest BCUT2D eigenvalue weighted by Gasteiger charge is -2.26. The quantitative estimate of drug-likeness (QED) is 0.846. The molecule has 2 aromatic rings. The standard InChI is InChI=1S/C18H21N3OS/c1-13-6-9-16(17(11-13)22-2)20-18(23)21(15-7-8-15)12-14-5-3-4-10-19-14/h3-6,9-11,15H,7-8,12H2,1-2H3,(H,20,23). The Morgan fingerprint density at radius 3 is 2.83 bits per heavy atom. The molecule has 0 aliphatic heterocycles. The summed E-state index contributed by atoms with van der Waals surface area (Å²) in [5, 5.41) is 4.06. The molecule has 1 N–H and O–H groups in total. The van der Waals surface area contributed by atoms with E-state index < -0.39 is 0 Å². The van der Waals surface area contributed by atoms with Crippen molar-refractivity contribution in [2.45, 2.75) is 32.4 Å². The molecule has 0 atom stereocenters. The molecule has 4 nitrogen and oxygen atoms in total. The number of thiocarbonyl (C=S) groups is 1. The molecule has 3 rings (SSSR count). The van der Waals surface area contributed by atoms with Gasteiger partial charge in [-0.1, -0.05) is 12.1 Å². The van der Waals surface area contributed by atoms with Crippen LogP contribution in [-0.4, -0.2) is 28.1 Å². The fourth-order valence-electron chi connectivity index (χ4n) is 2.51. The average molecular weight is 327 g/mol. The fraction of sp³-hybridized carbons (Fsp3) is 0.333. The van der Waals surface area contributed by atoms with E-state index in [4.69, 9.17) is 17.0 Å². The monoisotopic (exact) mass is 327 g/mol. The maximum absolute atomic E-state index is 5.64. The Morgan fingerprint density at radius 1 is 1.35 bits per heavy atom. The first-order valence-electron chi connectivity index (χ1n) is 7.79. The Morgan fingerprint density at radius 2 is 2.17 bits per heavy atom. The molecule has 0 radical (unpaired) electrons. The van der Waals surface area contributed by atoms with E-state index in [0.717, 1.165) is 34.4 Å². The van der Waals surface area contributed by atoms with E-state index in [1.165, 1.54) is 12.8 Å². The van der Waals surface area contributed by atoms with Gasteiger partial charge in [-0.15, -0.1) is 0 Å². The topological polar surface area (TPSA) is 37.4 Å². The first-order chi connectivity index (χ1) is 11.2. The van der Waals surface area contributed by atoms with E-state index >= 15 is 0 Å². The second-order valence-electron chi connectivity index (χ2n) is 5.81. The van der Waals surface area contributed by atoms with Crippen LogP contribution >= 0.6 is 12.2 Å². The molecular weight excluding hydrogens is 306 g/mol. The smallest absolute Gasteiger partial charge is 0.174 e. The van der Waals surface area contributed by atoms with Crippen LogP contribution in [0.5, 0.6) is 5.75 Å². The van der Waals surface area contributed by atoms with Gasteiger partial charge in [0.2, 0.25) is 0 Å². The van der Waals surface area contributed by atoms with E-state index in [9.17, 15) is 0 Å². The number of rotatable bonds is 5. The van der Waals surface area contributed by atoms with Crippen LogP contribution in [0.2, 0.25) is 0 Å². The van der Waals surface area contributed by atoms with Gasteiger partial charge in [-0.25, -0.2) is 0 Å². The summed E-state index contributed by atoms with van der Waals surface area (Å²) in [4.78, 5) is 6.63. The molecule has 1 saturated carbocycles. The van der Waals surface area contributed by atoms with Gasteiger partial charge in [0.1, 0.15) is 5.75 Å². The van der Waals surface area contributed by atoms with Crippen molar-refractivity contribution in [3.05, 3.63) is 53.9 Å². The van der Waals surface area contributed by atoms with E-state index in [1.54, 1.807) is 7.11 Å². The minimum absolute atomic E-state index is 0.508. The Hall–Kier alpha value is -2.14. The molecule has 0 amide bonds. The highest BCUT2D eigenvalue weighted by molar-refractivity contribution is 7.80. The summed E-state index contributed by atoms with van der Waals surface area (Å²) in [5.74, 6) is 0.806. The number of anilines is 1. The third-order valence-electron chi connectivity index (χ3n) is 3.91. The number of aryl methyl sites for hydroxylation is 1. The normalized spacial score (nSPS) is 13.5. The highest BCUT2D eigenvalue weighted by Crippen LogP contribution is 2.30. The molecule has 5 heteroatoms. The van der Waals surface area contributed by atoms with Crippen LogP contribution in [0.1, 0.15) is 24.1 Å². The van der Waals surface area contributed by atoms with Crippen molar-refractivity contribution in [2.75, 3.05) is 12.4 Å². The highest BCUT2D eigenvalue weighted by atomic mass is 32.1. The number of methoxy groups -OCH3 is 1. The summed E-state index contributed by atoms with van der Waals surface area (Å²) >= 11 is 5.64. The van der Waals surface area contributed by atoms with Crippen molar-refractivity contribution in [1.82, 2.24) is 9.88 Å². The van der Waals surface area contributed by atoms with Gasteiger partial charge >= 0.3 is 0 Å². The maximum atomic E-state index is 5.64. The minimum Gasteiger partial charge on any atom is -0.495 e. The van der Waals surface area contributed by atoms with E-state index in [1.807, 2.05) is 49.5 Å². The second kappa shape index (κ2) is 6.96. The first kappa shape index (κ1) is 15.7. The summed E-state index contributed by atoms with van der Waals surface area (Å²) in [5.41, 5.74) is 3.08. The largest absolute Gasteiger partial charge is 0.495 e. The molecule has 1 aromatic carbocycles. The summed E-state index contributed by atoms with van der Waals surface area (Å²) < 4.78 is 5.45. The molecule has 0 spiro atoms. The predicted octanol–water partition coefficient (Wildman–Crippen LogP) is 3.76. The van der Waals surface area contributed by atoms with E-state index in [-0.39, 0.29) is 0 Å². The van der Waals surface area contributed by atoms with Gasteiger partial charge in [0, 0.05) is 12.2 Å². The number of pyridine rings is 1. The molecule has 0 saturated heterocycles. The number of benzene rings is 1. The molecule has 120 valence electrons. The van der Waals surface area contributed by atoms with Crippen LogP contribution in [0, 0.1) is 6.92 Å². The molecule has 23 heavy (non-hydrogen) atoms. The SMILES string of the molecule is COc1cc(C)ccc1NC(=S)N(Cc1ccccn1)C1CC1. The Balaban J connectivity index is 1.74. The molecular formula is C18H21N3OS. The fourth-order valence-corrected chi connectivity index (χ4v) is 2.83. The summed E-state index contributed by atoms with van der Waals surface area (Å²) in [6.07, 6.45) is 4.18. The molecule has 1 fully saturated rings. The van der Waals surface area contributed by atoms with E-state index in [2.05, 4.69) is 15.2 Å². The second-order valence-corrected chi connectivity index (χ2v) is 6.20. The van der Waals surface area contributed by atoms with Crippen LogP contribution in [0.4, 0.5) is 5.69 Å². The lowest BCUT2D eigenvalue weighted by Crippen LogP contribution is -2.36. The van der Waals surface area contributed by atoms with Crippen LogP contribution < -0.4 is 10.1 Å². The number of hydrogen-bond donors (Lipinski definition) is 1. The third-order valence-corrected chi connectivity index (χ3v) is 4.24. The van der Waals surface area contributed by atoms with Gasteiger partial charge in [-0.2, -0.15) is 0 Å². The molecule has 1 heterocycles. The zero-order valence-corrected chi connectivity index (χ0v) is 14.3. The van der Waals surface area contributed by atoms with Gasteiger partial charge in [0.15, 0.2) is 5.11 Å². The van der Waals surface area contributed by atoms with Crippen molar-refractivity contribution in [2.24, 2.45) is 0 Å². The Kier molecular flexibility index (Phi) is 4.76. The molecule has 1 aliphatic carbocycles. The van der Waals surface area contributed by atoms with Crippen molar-refractivity contribution in [3.63, 3.8) is 0 Å². The number of ether oxygens (including phenoxy) is 1. The van der Waals surface area contributed by atoms with Crippen LogP contribution in [0.15, 0.2) is 42.6 Å². The predicted molar refractivity (Wildman–Crippen MR) is 96.8 cm³/mol. The highest BCUT2D eigenvalue weighted by Gasteiger charge is 2.31. The van der Waals surface area contributed by atoms with Crippen LogP contribution in [0.25, 0.3) is 0 Å². The zero-order valence-electron chi connectivity index (χ0n) is 13.5. The van der Waals surface area contributed by atoms with Gasteiger partial charge in [0.05, 0.1) is 25.0 Å². The maximum Gasteiger partial charge on any atom is 0.174 e. The van der Waals surface area contributed by atoms with Gasteiger partial charge in [0.25, 0.3) is 0 Å². The number of hydrogen-bond acceptors (Lipinski definition) is 3. The number of nitrogens with zero attached hydrogens (tertiary/aromatic N) is 2. The van der Waals surface area contributed by atoms with Crippen LogP contribution in [-0.2, 0) is 6.54 Å². The number of nitrogens with one attached hydrogen (secondary N) is 1. The summed E-state index contributed by atoms with van der Waals surface area (Å²) in [6, 6.07) is 12.5.